The van der Waals surface area contributed by atoms with Crippen LogP contribution in [0.25, 0.3) is 120 Å². The van der Waals surface area contributed by atoms with Gasteiger partial charge >= 0.3 is 0 Å². The van der Waals surface area contributed by atoms with Crippen molar-refractivity contribution in [2.45, 2.75) is 0 Å². The minimum atomic E-state index is 0.586. The molecule has 274 valence electrons. The first-order valence-electron chi connectivity index (χ1n) is 19.9. The van der Waals surface area contributed by atoms with Gasteiger partial charge in [0.1, 0.15) is 0 Å². The Labute approximate surface area is 342 Å². The largest absolute Gasteiger partial charge is 0.309 e. The lowest BCUT2D eigenvalue weighted by Crippen LogP contribution is -2.06. The van der Waals surface area contributed by atoms with Gasteiger partial charge in [0.25, 0.3) is 0 Å². The molecule has 0 unspecified atom stereocenters. The topological polar surface area (TPSA) is 48.5 Å². The van der Waals surface area contributed by atoms with Crippen molar-refractivity contribution < 1.29 is 0 Å². The third-order valence-electron chi connectivity index (χ3n) is 11.9. The van der Waals surface area contributed by atoms with E-state index in [9.17, 15) is 0 Å². The Kier molecular flexibility index (Phi) is 6.82. The molecule has 6 heteroatoms. The normalized spacial score (nSPS) is 12.1. The first-order chi connectivity index (χ1) is 29.2. The van der Waals surface area contributed by atoms with Crippen molar-refractivity contribution in [2.75, 3.05) is 0 Å². The Balaban J connectivity index is 1.03. The molecule has 0 bridgehead atoms. The summed E-state index contributed by atoms with van der Waals surface area (Å²) in [6, 6.07) is 67.4. The zero-order valence-corrected chi connectivity index (χ0v) is 32.4. The maximum Gasteiger partial charge on any atom is 0.238 e. The van der Waals surface area contributed by atoms with Gasteiger partial charge in [-0.1, -0.05) is 127 Å². The summed E-state index contributed by atoms with van der Waals surface area (Å²) in [6.45, 7) is 0. The molecule has 0 N–H and O–H groups in total. The van der Waals surface area contributed by atoms with Gasteiger partial charge in [-0.05, 0) is 82.6 Å². The molecule has 4 heterocycles. The molecular weight excluding hydrogens is 739 g/mol. The SMILES string of the molecule is c1ccc(-c2nc(-c3ccccc3)nc(-n3c4ccccc4c4cc(-c5cc6ccc7cccc8c7c6c(c5)n8-c5ccc6sc7ccccc7c6c5)ccc43)n2)cc1. The van der Waals surface area contributed by atoms with E-state index in [0.29, 0.717) is 17.6 Å². The van der Waals surface area contributed by atoms with Gasteiger partial charge in [0.2, 0.25) is 5.95 Å². The van der Waals surface area contributed by atoms with Crippen LogP contribution < -0.4 is 0 Å². The van der Waals surface area contributed by atoms with Crippen LogP contribution >= 0.6 is 11.3 Å². The van der Waals surface area contributed by atoms with Crippen LogP contribution in [0.1, 0.15) is 0 Å². The number of para-hydroxylation sites is 1. The van der Waals surface area contributed by atoms with Gasteiger partial charge in [-0.3, -0.25) is 4.57 Å². The molecule has 0 aliphatic heterocycles. The van der Waals surface area contributed by atoms with Crippen molar-refractivity contribution in [3.63, 3.8) is 0 Å². The number of nitrogens with zero attached hydrogens (tertiary/aromatic N) is 5. The van der Waals surface area contributed by atoms with E-state index in [0.717, 1.165) is 38.5 Å². The smallest absolute Gasteiger partial charge is 0.238 e. The van der Waals surface area contributed by atoms with Crippen LogP contribution in [0.15, 0.2) is 188 Å². The summed E-state index contributed by atoms with van der Waals surface area (Å²) in [6.07, 6.45) is 0. The van der Waals surface area contributed by atoms with E-state index >= 15 is 0 Å². The van der Waals surface area contributed by atoms with Crippen LogP contribution in [0.3, 0.4) is 0 Å². The Bertz CT molecular complexity index is 3730. The Morgan fingerprint density at radius 1 is 0.339 bits per heavy atom. The van der Waals surface area contributed by atoms with Crippen molar-refractivity contribution in [1.29, 1.82) is 0 Å². The van der Waals surface area contributed by atoms with Gasteiger partial charge in [0, 0.05) is 58.5 Å². The van der Waals surface area contributed by atoms with Gasteiger partial charge in [-0.25, -0.2) is 4.98 Å². The van der Waals surface area contributed by atoms with Gasteiger partial charge in [0.15, 0.2) is 11.6 Å². The fourth-order valence-corrected chi connectivity index (χ4v) is 10.3. The van der Waals surface area contributed by atoms with Crippen LogP contribution in [-0.4, -0.2) is 24.1 Å². The summed E-state index contributed by atoms with van der Waals surface area (Å²) in [5.41, 5.74) is 9.89. The van der Waals surface area contributed by atoms with Crippen LogP contribution in [0.4, 0.5) is 0 Å². The number of aromatic nitrogens is 5. The minimum Gasteiger partial charge on any atom is -0.309 e. The van der Waals surface area contributed by atoms with E-state index in [1.54, 1.807) is 0 Å². The number of benzene rings is 9. The van der Waals surface area contributed by atoms with Crippen molar-refractivity contribution >= 4 is 85.9 Å². The molecule has 0 saturated carbocycles. The number of hydrogen-bond acceptors (Lipinski definition) is 4. The van der Waals surface area contributed by atoms with E-state index in [-0.39, 0.29) is 0 Å². The van der Waals surface area contributed by atoms with Gasteiger partial charge in [0.05, 0.1) is 22.1 Å². The summed E-state index contributed by atoms with van der Waals surface area (Å²) < 4.78 is 7.28. The summed E-state index contributed by atoms with van der Waals surface area (Å²) in [4.78, 5) is 15.2. The Morgan fingerprint density at radius 2 is 1.00 bits per heavy atom. The van der Waals surface area contributed by atoms with Crippen LogP contribution in [0.2, 0.25) is 0 Å². The van der Waals surface area contributed by atoms with Gasteiger partial charge in [-0.2, -0.15) is 9.97 Å². The zero-order valence-electron chi connectivity index (χ0n) is 31.5. The number of fused-ring (bicyclic) bond motifs is 6. The lowest BCUT2D eigenvalue weighted by atomic mass is 9.96. The van der Waals surface area contributed by atoms with Gasteiger partial charge in [-0.15, -0.1) is 11.3 Å². The summed E-state index contributed by atoms with van der Waals surface area (Å²) in [5, 5.41) is 9.98. The van der Waals surface area contributed by atoms with E-state index in [1.807, 2.05) is 72.0 Å². The molecule has 59 heavy (non-hydrogen) atoms. The van der Waals surface area contributed by atoms with E-state index in [1.165, 1.54) is 64.0 Å². The first kappa shape index (κ1) is 32.4. The van der Waals surface area contributed by atoms with Crippen molar-refractivity contribution in [3.05, 3.63) is 188 Å². The molecule has 0 spiro atoms. The lowest BCUT2D eigenvalue weighted by Gasteiger charge is -2.12. The molecule has 0 fully saturated rings. The Morgan fingerprint density at radius 3 is 1.81 bits per heavy atom. The van der Waals surface area contributed by atoms with E-state index in [2.05, 4.69) is 137 Å². The van der Waals surface area contributed by atoms with E-state index < -0.39 is 0 Å². The highest BCUT2D eigenvalue weighted by Gasteiger charge is 2.21. The summed E-state index contributed by atoms with van der Waals surface area (Å²) in [7, 11) is 0. The average molecular weight is 770 g/mol. The predicted molar refractivity (Wildman–Crippen MR) is 246 cm³/mol. The molecule has 5 nitrogen and oxygen atoms in total. The highest BCUT2D eigenvalue weighted by Crippen LogP contribution is 2.43. The third kappa shape index (κ3) is 4.87. The maximum atomic E-state index is 5.14. The quantitative estimate of drug-likeness (QED) is 0.164. The zero-order chi connectivity index (χ0) is 38.6. The number of thiophene rings is 1. The number of hydrogen-bond donors (Lipinski definition) is 0. The standard InChI is InChI=1S/C53H31N5S/c1-3-12-33(13-4-1)51-54-52(34-14-5-2-6-15-34)56-53(55-51)58-43-19-9-7-17-39(43)41-29-35(24-26-44(41)58)37-28-36-23-22-32-16-11-20-45-49(32)50(36)46(30-37)57(45)38-25-27-48-42(31-38)40-18-8-10-21-47(40)59-48/h1-31H. The molecular formula is C53H31N5S. The molecule has 0 saturated heterocycles. The lowest BCUT2D eigenvalue weighted by molar-refractivity contribution is 0.953. The molecule has 0 aliphatic rings. The second kappa shape index (κ2) is 12.4. The average Bonchev–Trinajstić information content (AvgIpc) is 3.96. The molecule has 4 aromatic heterocycles. The summed E-state index contributed by atoms with van der Waals surface area (Å²) in [5.74, 6) is 1.86. The predicted octanol–water partition coefficient (Wildman–Crippen LogP) is 14.0. The molecule has 0 radical (unpaired) electrons. The molecule has 0 amide bonds. The van der Waals surface area contributed by atoms with E-state index in [4.69, 9.17) is 15.0 Å². The number of rotatable bonds is 5. The van der Waals surface area contributed by atoms with Crippen molar-refractivity contribution in [1.82, 2.24) is 24.1 Å². The fraction of sp³-hybridized carbons (Fsp3) is 0. The van der Waals surface area contributed by atoms with Crippen LogP contribution in [0.5, 0.6) is 0 Å². The molecule has 9 aromatic carbocycles. The van der Waals surface area contributed by atoms with Gasteiger partial charge < -0.3 is 4.57 Å². The highest BCUT2D eigenvalue weighted by atomic mass is 32.1. The van der Waals surface area contributed by atoms with Crippen molar-refractivity contribution in [2.24, 2.45) is 0 Å². The minimum absolute atomic E-state index is 0.586. The molecule has 0 aliphatic carbocycles. The first-order valence-corrected chi connectivity index (χ1v) is 20.7. The second-order valence-electron chi connectivity index (χ2n) is 15.2. The Hall–Kier alpha value is -7.67. The monoisotopic (exact) mass is 769 g/mol. The van der Waals surface area contributed by atoms with Crippen LogP contribution in [0, 0.1) is 0 Å². The highest BCUT2D eigenvalue weighted by molar-refractivity contribution is 7.25. The molecule has 0 atom stereocenters. The third-order valence-corrected chi connectivity index (χ3v) is 13.1. The van der Waals surface area contributed by atoms with Crippen molar-refractivity contribution in [3.8, 4) is 45.5 Å². The molecule has 13 rings (SSSR count). The molecule has 13 aromatic rings. The summed E-state index contributed by atoms with van der Waals surface area (Å²) >= 11 is 1.86. The second-order valence-corrected chi connectivity index (χ2v) is 16.3. The van der Waals surface area contributed by atoms with Crippen LogP contribution in [-0.2, 0) is 0 Å². The maximum absolute atomic E-state index is 5.14. The fourth-order valence-electron chi connectivity index (χ4n) is 9.26.